The van der Waals surface area contributed by atoms with Crippen LogP contribution in [0, 0.1) is 0 Å². The summed E-state index contributed by atoms with van der Waals surface area (Å²) in [5.41, 5.74) is -1.57. The van der Waals surface area contributed by atoms with Crippen molar-refractivity contribution in [3.05, 3.63) is 16.1 Å². The Balaban J connectivity index is 2.91. The van der Waals surface area contributed by atoms with E-state index in [-0.39, 0.29) is 12.1 Å². The van der Waals surface area contributed by atoms with Gasteiger partial charge in [0, 0.05) is 11.8 Å². The van der Waals surface area contributed by atoms with Crippen LogP contribution in [0.4, 0.5) is 4.79 Å². The molecule has 1 atom stereocenters. The van der Waals surface area contributed by atoms with Crippen molar-refractivity contribution in [2.24, 2.45) is 0 Å². The molecular weight excluding hydrogens is 348 g/mol. The molecule has 0 aromatic carbocycles. The smallest absolute Gasteiger partial charge is 0.408 e. The number of thiazole rings is 1. The Morgan fingerprint density at radius 3 is 2.16 bits per heavy atom. The standard InChI is InChI=1S/C16H24N2O6S/c1-15(2,3)23-13(21)9(18-14(22)24-16(4,5)6)7-11-17-10(8-25-11)12(19)20/h8-9H,7H2,1-6H3,(H,18,22)(H,19,20)/t9-/m0/s1. The summed E-state index contributed by atoms with van der Waals surface area (Å²) >= 11 is 1.09. The molecule has 0 fully saturated rings. The van der Waals surface area contributed by atoms with E-state index in [1.54, 1.807) is 41.5 Å². The maximum atomic E-state index is 12.4. The quantitative estimate of drug-likeness (QED) is 0.763. The number of rotatable bonds is 5. The van der Waals surface area contributed by atoms with E-state index < -0.39 is 35.3 Å². The second-order valence-corrected chi connectivity index (χ2v) is 8.31. The third-order valence-electron chi connectivity index (χ3n) is 2.53. The molecular formula is C16H24N2O6S. The minimum atomic E-state index is -1.16. The number of hydrogen-bond donors (Lipinski definition) is 2. The molecule has 1 rings (SSSR count). The first-order valence-corrected chi connectivity index (χ1v) is 8.55. The van der Waals surface area contributed by atoms with Crippen LogP contribution in [0.25, 0.3) is 0 Å². The van der Waals surface area contributed by atoms with E-state index in [2.05, 4.69) is 10.3 Å². The normalized spacial score (nSPS) is 13.0. The van der Waals surface area contributed by atoms with Gasteiger partial charge in [0.05, 0.1) is 5.01 Å². The topological polar surface area (TPSA) is 115 Å². The highest BCUT2D eigenvalue weighted by Crippen LogP contribution is 2.16. The van der Waals surface area contributed by atoms with Crippen LogP contribution in [0.5, 0.6) is 0 Å². The Labute approximate surface area is 150 Å². The first-order chi connectivity index (χ1) is 11.3. The molecule has 140 valence electrons. The van der Waals surface area contributed by atoms with Crippen molar-refractivity contribution in [1.29, 1.82) is 0 Å². The fourth-order valence-electron chi connectivity index (χ4n) is 1.69. The van der Waals surface area contributed by atoms with Gasteiger partial charge in [-0.1, -0.05) is 0 Å². The van der Waals surface area contributed by atoms with Crippen LogP contribution in [0.3, 0.4) is 0 Å². The fourth-order valence-corrected chi connectivity index (χ4v) is 2.51. The number of ether oxygens (including phenoxy) is 2. The van der Waals surface area contributed by atoms with Crippen LogP contribution in [0.15, 0.2) is 5.38 Å². The molecule has 0 aliphatic rings. The van der Waals surface area contributed by atoms with E-state index in [9.17, 15) is 14.4 Å². The van der Waals surface area contributed by atoms with E-state index in [0.29, 0.717) is 5.01 Å². The van der Waals surface area contributed by atoms with Gasteiger partial charge in [-0.05, 0) is 41.5 Å². The summed E-state index contributed by atoms with van der Waals surface area (Å²) in [6, 6.07) is -1.04. The average Bonchev–Trinajstić information content (AvgIpc) is 2.82. The monoisotopic (exact) mass is 372 g/mol. The van der Waals surface area contributed by atoms with E-state index in [1.807, 2.05) is 0 Å². The SMILES string of the molecule is CC(C)(C)OC(=O)N[C@@H](Cc1nc(C(=O)O)cs1)C(=O)OC(C)(C)C. The number of amides is 1. The van der Waals surface area contributed by atoms with Crippen molar-refractivity contribution in [2.75, 3.05) is 0 Å². The molecule has 25 heavy (non-hydrogen) atoms. The van der Waals surface area contributed by atoms with Gasteiger partial charge in [-0.25, -0.2) is 19.4 Å². The molecule has 1 aromatic rings. The molecule has 1 aromatic heterocycles. The molecule has 0 bridgehead atoms. The maximum absolute atomic E-state index is 12.4. The predicted molar refractivity (Wildman–Crippen MR) is 91.8 cm³/mol. The lowest BCUT2D eigenvalue weighted by Gasteiger charge is -2.25. The summed E-state index contributed by atoms with van der Waals surface area (Å²) in [4.78, 5) is 39.2. The van der Waals surface area contributed by atoms with Gasteiger partial charge >= 0.3 is 18.0 Å². The minimum Gasteiger partial charge on any atom is -0.476 e. The summed E-state index contributed by atoms with van der Waals surface area (Å²) in [5, 5.41) is 13.2. The van der Waals surface area contributed by atoms with E-state index >= 15 is 0 Å². The lowest BCUT2D eigenvalue weighted by Crippen LogP contribution is -2.47. The predicted octanol–water partition coefficient (Wildman–Crippen LogP) is 2.62. The lowest BCUT2D eigenvalue weighted by atomic mass is 10.1. The molecule has 8 nitrogen and oxygen atoms in total. The number of aromatic carboxylic acids is 1. The number of carboxylic acid groups (broad SMARTS) is 1. The zero-order valence-corrected chi connectivity index (χ0v) is 16.0. The molecule has 1 heterocycles. The third kappa shape index (κ3) is 7.97. The molecule has 0 saturated heterocycles. The summed E-state index contributed by atoms with van der Waals surface area (Å²) in [5.74, 6) is -1.80. The number of hydrogen-bond acceptors (Lipinski definition) is 7. The van der Waals surface area contributed by atoms with Crippen LogP contribution in [-0.2, 0) is 20.7 Å². The van der Waals surface area contributed by atoms with Gasteiger partial charge in [0.15, 0.2) is 5.69 Å². The van der Waals surface area contributed by atoms with Crippen molar-refractivity contribution in [1.82, 2.24) is 10.3 Å². The fraction of sp³-hybridized carbons (Fsp3) is 0.625. The second kappa shape index (κ2) is 7.81. The minimum absolute atomic E-state index is 0.00605. The molecule has 0 saturated carbocycles. The van der Waals surface area contributed by atoms with Gasteiger partial charge in [-0.15, -0.1) is 11.3 Å². The van der Waals surface area contributed by atoms with Gasteiger partial charge in [0.1, 0.15) is 17.2 Å². The van der Waals surface area contributed by atoms with Gasteiger partial charge in [-0.2, -0.15) is 0 Å². The Hall–Kier alpha value is -2.16. The number of alkyl carbamates (subject to hydrolysis) is 1. The average molecular weight is 372 g/mol. The molecule has 0 aliphatic carbocycles. The largest absolute Gasteiger partial charge is 0.476 e. The molecule has 9 heteroatoms. The van der Waals surface area contributed by atoms with Crippen LogP contribution >= 0.6 is 11.3 Å². The highest BCUT2D eigenvalue weighted by atomic mass is 32.1. The molecule has 2 N–H and O–H groups in total. The van der Waals surface area contributed by atoms with Crippen LogP contribution < -0.4 is 5.32 Å². The first-order valence-electron chi connectivity index (χ1n) is 7.67. The summed E-state index contributed by atoms with van der Waals surface area (Å²) in [6.45, 7) is 10.2. The number of aromatic nitrogens is 1. The number of nitrogens with zero attached hydrogens (tertiary/aromatic N) is 1. The van der Waals surface area contributed by atoms with E-state index in [1.165, 1.54) is 5.38 Å². The molecule has 0 aliphatic heterocycles. The van der Waals surface area contributed by atoms with Crippen molar-refractivity contribution in [3.8, 4) is 0 Å². The Bertz CT molecular complexity index is 642. The highest BCUT2D eigenvalue weighted by Gasteiger charge is 2.30. The maximum Gasteiger partial charge on any atom is 0.408 e. The lowest BCUT2D eigenvalue weighted by molar-refractivity contribution is -0.157. The van der Waals surface area contributed by atoms with Crippen molar-refractivity contribution in [2.45, 2.75) is 65.2 Å². The Kier molecular flexibility index (Phi) is 6.53. The zero-order chi connectivity index (χ0) is 19.4. The highest BCUT2D eigenvalue weighted by molar-refractivity contribution is 7.09. The van der Waals surface area contributed by atoms with Crippen molar-refractivity contribution >= 4 is 29.4 Å². The van der Waals surface area contributed by atoms with Crippen LogP contribution in [0.2, 0.25) is 0 Å². The molecule has 0 radical (unpaired) electrons. The Morgan fingerprint density at radius 1 is 1.16 bits per heavy atom. The second-order valence-electron chi connectivity index (χ2n) is 7.37. The first kappa shape index (κ1) is 20.9. The molecule has 1 amide bonds. The summed E-state index contributed by atoms with van der Waals surface area (Å²) in [7, 11) is 0. The summed E-state index contributed by atoms with van der Waals surface area (Å²) in [6.07, 6.45) is -0.759. The van der Waals surface area contributed by atoms with Gasteiger partial charge in [0.2, 0.25) is 0 Å². The number of esters is 1. The van der Waals surface area contributed by atoms with E-state index in [0.717, 1.165) is 11.3 Å². The number of nitrogens with one attached hydrogen (secondary N) is 1. The molecule has 0 spiro atoms. The zero-order valence-electron chi connectivity index (χ0n) is 15.2. The van der Waals surface area contributed by atoms with Crippen molar-refractivity contribution in [3.63, 3.8) is 0 Å². The number of carbonyl (C=O) groups is 3. The number of carbonyl (C=O) groups excluding carboxylic acids is 2. The van der Waals surface area contributed by atoms with Gasteiger partial charge in [-0.3, -0.25) is 0 Å². The summed E-state index contributed by atoms with van der Waals surface area (Å²) < 4.78 is 10.5. The van der Waals surface area contributed by atoms with Crippen LogP contribution in [-0.4, -0.2) is 45.4 Å². The van der Waals surface area contributed by atoms with E-state index in [4.69, 9.17) is 14.6 Å². The van der Waals surface area contributed by atoms with Gasteiger partial charge in [0.25, 0.3) is 0 Å². The van der Waals surface area contributed by atoms with Crippen LogP contribution in [0.1, 0.15) is 57.0 Å². The molecule has 0 unspecified atom stereocenters. The van der Waals surface area contributed by atoms with Crippen molar-refractivity contribution < 1.29 is 29.0 Å². The van der Waals surface area contributed by atoms with Gasteiger partial charge < -0.3 is 19.9 Å². The number of carboxylic acids is 1. The third-order valence-corrected chi connectivity index (χ3v) is 3.40. The Morgan fingerprint density at radius 2 is 1.72 bits per heavy atom.